The predicted molar refractivity (Wildman–Crippen MR) is 129 cm³/mol. The molecule has 202 valence electrons. The van der Waals surface area contributed by atoms with E-state index in [4.69, 9.17) is 10.5 Å². The minimum atomic E-state index is -1.64. The Morgan fingerprint density at radius 3 is 2.28 bits per heavy atom. The van der Waals surface area contributed by atoms with Crippen LogP contribution in [-0.4, -0.2) is 124 Å². The van der Waals surface area contributed by atoms with Crippen LogP contribution in [0.15, 0.2) is 18.2 Å². The van der Waals surface area contributed by atoms with E-state index in [2.05, 4.69) is 15.1 Å². The first kappa shape index (κ1) is 28.3. The zero-order valence-corrected chi connectivity index (χ0v) is 20.2. The van der Waals surface area contributed by atoms with Gasteiger partial charge in [-0.3, -0.25) is 14.9 Å². The number of nitro groups is 1. The van der Waals surface area contributed by atoms with E-state index < -0.39 is 48.0 Å². The number of nitrogens with one attached hydrogen (secondary N) is 1. The summed E-state index contributed by atoms with van der Waals surface area (Å²) in [6.45, 7) is 6.13. The van der Waals surface area contributed by atoms with Gasteiger partial charge in [-0.1, -0.05) is 0 Å². The van der Waals surface area contributed by atoms with Crippen molar-refractivity contribution in [2.75, 3.05) is 59.0 Å². The molecule has 1 unspecified atom stereocenters. The number of hydrogen-bond donors (Lipinski definition) is 6. The van der Waals surface area contributed by atoms with E-state index in [1.54, 1.807) is 0 Å². The fourth-order valence-electron chi connectivity index (χ4n) is 4.57. The number of rotatable bonds is 11. The van der Waals surface area contributed by atoms with Gasteiger partial charge in [-0.2, -0.15) is 0 Å². The van der Waals surface area contributed by atoms with Crippen LogP contribution in [0.3, 0.4) is 0 Å². The summed E-state index contributed by atoms with van der Waals surface area (Å²) in [5, 5.41) is 54.1. The highest BCUT2D eigenvalue weighted by atomic mass is 16.6. The van der Waals surface area contributed by atoms with E-state index in [1.807, 2.05) is 0 Å². The summed E-state index contributed by atoms with van der Waals surface area (Å²) in [7, 11) is 0. The van der Waals surface area contributed by atoms with E-state index in [0.29, 0.717) is 19.5 Å². The Morgan fingerprint density at radius 2 is 1.69 bits per heavy atom. The summed E-state index contributed by atoms with van der Waals surface area (Å²) >= 11 is 0. The van der Waals surface area contributed by atoms with Gasteiger partial charge in [0, 0.05) is 50.4 Å². The number of benzene rings is 1. The third-order valence-electron chi connectivity index (χ3n) is 6.71. The highest BCUT2D eigenvalue weighted by Gasteiger charge is 2.44. The number of non-ortho nitro benzene ring substituents is 1. The normalized spacial score (nSPS) is 27.6. The summed E-state index contributed by atoms with van der Waals surface area (Å²) in [6.07, 6.45) is -5.57. The lowest BCUT2D eigenvalue weighted by Crippen LogP contribution is -2.55. The lowest BCUT2D eigenvalue weighted by molar-refractivity contribution is -0.385. The minimum Gasteiger partial charge on any atom is -0.394 e. The molecule has 0 aliphatic carbocycles. The van der Waals surface area contributed by atoms with Crippen molar-refractivity contribution in [2.45, 2.75) is 43.4 Å². The maximum absolute atomic E-state index is 12.8. The number of carbonyl (C=O) groups excluding carboxylic acids is 1. The number of aliphatic hydroxyl groups excluding tert-OH is 4. The van der Waals surface area contributed by atoms with Gasteiger partial charge >= 0.3 is 0 Å². The van der Waals surface area contributed by atoms with E-state index >= 15 is 0 Å². The number of aliphatic hydroxyl groups is 4. The van der Waals surface area contributed by atoms with Crippen molar-refractivity contribution in [3.63, 3.8) is 0 Å². The maximum Gasteiger partial charge on any atom is 0.270 e. The molecular formula is C23H37N5O8. The number of nitrogens with two attached hydrogens (primary N) is 1. The van der Waals surface area contributed by atoms with Crippen molar-refractivity contribution in [1.29, 1.82) is 0 Å². The second-order valence-electron chi connectivity index (χ2n) is 9.25. The van der Waals surface area contributed by atoms with Gasteiger partial charge in [0.25, 0.3) is 11.6 Å². The SMILES string of the molecule is NCCCN1CCN(CCCNC(=O)c2cc(C3O[C@H](CO)[C@H](O)[C@H](O)[C@H]3O)cc([N+](=O)[O-])c2)CC1. The van der Waals surface area contributed by atoms with Crippen molar-refractivity contribution in [3.8, 4) is 0 Å². The molecule has 1 amide bonds. The Balaban J connectivity index is 1.58. The lowest BCUT2D eigenvalue weighted by Gasteiger charge is -2.40. The van der Waals surface area contributed by atoms with Crippen molar-refractivity contribution in [2.24, 2.45) is 5.73 Å². The molecular weight excluding hydrogens is 474 g/mol. The van der Waals surface area contributed by atoms with Crippen LogP contribution >= 0.6 is 0 Å². The molecule has 0 aromatic heterocycles. The second kappa shape index (κ2) is 13.4. The van der Waals surface area contributed by atoms with Crippen molar-refractivity contribution >= 4 is 11.6 Å². The average Bonchev–Trinajstić information content (AvgIpc) is 2.89. The van der Waals surface area contributed by atoms with Crippen LogP contribution in [0.1, 0.15) is 34.9 Å². The van der Waals surface area contributed by atoms with Gasteiger partial charge < -0.3 is 46.0 Å². The molecule has 2 fully saturated rings. The summed E-state index contributed by atoms with van der Waals surface area (Å²) < 4.78 is 5.50. The first-order valence-electron chi connectivity index (χ1n) is 12.3. The topological polar surface area (TPSA) is 195 Å². The molecule has 2 heterocycles. The zero-order chi connectivity index (χ0) is 26.2. The molecule has 0 spiro atoms. The van der Waals surface area contributed by atoms with Crippen LogP contribution in [0.2, 0.25) is 0 Å². The Morgan fingerprint density at radius 1 is 1.06 bits per heavy atom. The summed E-state index contributed by atoms with van der Waals surface area (Å²) in [5.41, 5.74) is 5.27. The largest absolute Gasteiger partial charge is 0.394 e. The number of piperazine rings is 1. The molecule has 1 aromatic rings. The fourth-order valence-corrected chi connectivity index (χ4v) is 4.57. The smallest absolute Gasteiger partial charge is 0.270 e. The van der Waals surface area contributed by atoms with Gasteiger partial charge in [-0.15, -0.1) is 0 Å². The molecule has 0 radical (unpaired) electrons. The Labute approximate surface area is 209 Å². The Bertz CT molecular complexity index is 880. The molecule has 3 rings (SSSR count). The Hall–Kier alpha value is -2.23. The molecule has 2 saturated heterocycles. The molecule has 1 aromatic carbocycles. The van der Waals surface area contributed by atoms with E-state index in [-0.39, 0.29) is 16.8 Å². The molecule has 13 nitrogen and oxygen atoms in total. The van der Waals surface area contributed by atoms with Crippen molar-refractivity contribution < 1.29 is 34.9 Å². The summed E-state index contributed by atoms with van der Waals surface area (Å²) in [5.74, 6) is -0.517. The van der Waals surface area contributed by atoms with Crippen LogP contribution in [0.5, 0.6) is 0 Å². The van der Waals surface area contributed by atoms with Crippen LogP contribution in [0.25, 0.3) is 0 Å². The average molecular weight is 512 g/mol. The lowest BCUT2D eigenvalue weighted by atomic mass is 9.90. The molecule has 2 aliphatic rings. The monoisotopic (exact) mass is 511 g/mol. The summed E-state index contributed by atoms with van der Waals surface area (Å²) in [6, 6.07) is 3.61. The van der Waals surface area contributed by atoms with Gasteiger partial charge in [-0.05, 0) is 44.1 Å². The van der Waals surface area contributed by atoms with Crippen LogP contribution < -0.4 is 11.1 Å². The quantitative estimate of drug-likeness (QED) is 0.111. The van der Waals surface area contributed by atoms with Crippen molar-refractivity contribution in [3.05, 3.63) is 39.4 Å². The van der Waals surface area contributed by atoms with Crippen molar-refractivity contribution in [1.82, 2.24) is 15.1 Å². The standard InChI is InChI=1S/C23H37N5O8/c24-3-1-5-26-7-9-27(10-8-26)6-2-4-25-23(33)16-11-15(12-17(13-16)28(34)35)22-21(32)20(31)19(30)18(14-29)36-22/h11-13,18-22,29-32H,1-10,14,24H2,(H,25,33)/t18-,19+,20+,21-,22?/m1/s1. The predicted octanol–water partition coefficient (Wildman–Crippen LogP) is -1.80. The van der Waals surface area contributed by atoms with E-state index in [9.17, 15) is 35.3 Å². The number of ether oxygens (including phenoxy) is 1. The molecule has 0 saturated carbocycles. The number of hydrogen-bond acceptors (Lipinski definition) is 11. The van der Waals surface area contributed by atoms with Gasteiger partial charge in [-0.25, -0.2) is 0 Å². The third-order valence-corrected chi connectivity index (χ3v) is 6.71. The van der Waals surface area contributed by atoms with Gasteiger partial charge in [0.1, 0.15) is 30.5 Å². The fraction of sp³-hybridized carbons (Fsp3) is 0.696. The third kappa shape index (κ3) is 7.17. The molecule has 36 heavy (non-hydrogen) atoms. The van der Waals surface area contributed by atoms with Crippen LogP contribution in [0, 0.1) is 10.1 Å². The highest BCUT2D eigenvalue weighted by Crippen LogP contribution is 2.34. The van der Waals surface area contributed by atoms with Gasteiger partial charge in [0.2, 0.25) is 0 Å². The molecule has 7 N–H and O–H groups in total. The first-order valence-corrected chi connectivity index (χ1v) is 12.3. The molecule has 2 aliphatic heterocycles. The second-order valence-corrected chi connectivity index (χ2v) is 9.25. The minimum absolute atomic E-state index is 0.00433. The van der Waals surface area contributed by atoms with E-state index in [0.717, 1.165) is 57.8 Å². The maximum atomic E-state index is 12.8. The number of carbonyl (C=O) groups is 1. The first-order chi connectivity index (χ1) is 17.2. The van der Waals surface area contributed by atoms with Gasteiger partial charge in [0.05, 0.1) is 11.5 Å². The number of nitrogens with zero attached hydrogens (tertiary/aromatic N) is 3. The molecule has 13 heteroatoms. The zero-order valence-electron chi connectivity index (χ0n) is 20.2. The summed E-state index contributed by atoms with van der Waals surface area (Å²) in [4.78, 5) is 28.3. The number of nitro benzene ring substituents is 1. The highest BCUT2D eigenvalue weighted by molar-refractivity contribution is 5.95. The molecule has 0 bridgehead atoms. The number of amides is 1. The van der Waals surface area contributed by atoms with Gasteiger partial charge in [0.15, 0.2) is 0 Å². The molecule has 5 atom stereocenters. The Kier molecular flexibility index (Phi) is 10.5. The van der Waals surface area contributed by atoms with Crippen LogP contribution in [-0.2, 0) is 4.74 Å². The van der Waals surface area contributed by atoms with E-state index in [1.165, 1.54) is 6.07 Å². The van der Waals surface area contributed by atoms with Crippen LogP contribution in [0.4, 0.5) is 5.69 Å².